The maximum absolute atomic E-state index is 11.1. The number of nitrogens with two attached hydrogens (primary N) is 1. The van der Waals surface area contributed by atoms with Crippen molar-refractivity contribution in [3.8, 4) is 0 Å². The Morgan fingerprint density at radius 2 is 2.00 bits per heavy atom. The van der Waals surface area contributed by atoms with Crippen LogP contribution in [0.4, 0.5) is 0 Å². The van der Waals surface area contributed by atoms with Crippen LogP contribution < -0.4 is 5.73 Å². The van der Waals surface area contributed by atoms with Crippen LogP contribution >= 0.6 is 0 Å². The average Bonchev–Trinajstić information content (AvgIpc) is 2.00. The van der Waals surface area contributed by atoms with Crippen LogP contribution in [0.1, 0.15) is 40.5 Å². The van der Waals surface area contributed by atoms with Crippen molar-refractivity contribution in [2.24, 2.45) is 11.1 Å². The van der Waals surface area contributed by atoms with Gasteiger partial charge in [0.15, 0.2) is 0 Å². The molecule has 0 bridgehead atoms. The third-order valence-corrected chi connectivity index (χ3v) is 1.84. The van der Waals surface area contributed by atoms with E-state index in [2.05, 4.69) is 20.8 Å². The summed E-state index contributed by atoms with van der Waals surface area (Å²) in [6.07, 6.45) is 1.50. The van der Waals surface area contributed by atoms with Gasteiger partial charge in [0.1, 0.15) is 6.04 Å². The van der Waals surface area contributed by atoms with Crippen LogP contribution in [0.15, 0.2) is 0 Å². The Hall–Kier alpha value is -0.570. The largest absolute Gasteiger partial charge is 0.465 e. The van der Waals surface area contributed by atoms with Gasteiger partial charge in [0, 0.05) is 0 Å². The summed E-state index contributed by atoms with van der Waals surface area (Å²) in [5, 5.41) is 0. The predicted molar refractivity (Wildman–Crippen MR) is 53.3 cm³/mol. The van der Waals surface area contributed by atoms with Gasteiger partial charge in [-0.3, -0.25) is 4.79 Å². The standard InChI is InChI=1S/C10H21NO2/c1-5-8(11)9(12)13-7-6-10(2,3)4/h8H,5-7,11H2,1-4H3. The van der Waals surface area contributed by atoms with Crippen LogP contribution in [0.3, 0.4) is 0 Å². The van der Waals surface area contributed by atoms with E-state index in [4.69, 9.17) is 10.5 Å². The fraction of sp³-hybridized carbons (Fsp3) is 0.900. The zero-order valence-electron chi connectivity index (χ0n) is 9.09. The Balaban J connectivity index is 3.60. The van der Waals surface area contributed by atoms with Gasteiger partial charge in [-0.1, -0.05) is 27.7 Å². The molecular weight excluding hydrogens is 166 g/mol. The molecule has 0 aromatic heterocycles. The van der Waals surface area contributed by atoms with Gasteiger partial charge in [0.2, 0.25) is 0 Å². The number of carbonyl (C=O) groups excluding carboxylic acids is 1. The van der Waals surface area contributed by atoms with E-state index < -0.39 is 6.04 Å². The monoisotopic (exact) mass is 187 g/mol. The van der Waals surface area contributed by atoms with Gasteiger partial charge in [0.05, 0.1) is 6.61 Å². The van der Waals surface area contributed by atoms with Gasteiger partial charge < -0.3 is 10.5 Å². The van der Waals surface area contributed by atoms with Crippen molar-refractivity contribution in [1.29, 1.82) is 0 Å². The molecule has 0 spiro atoms. The van der Waals surface area contributed by atoms with E-state index in [0.717, 1.165) is 6.42 Å². The van der Waals surface area contributed by atoms with Crippen LogP contribution in [0.25, 0.3) is 0 Å². The highest BCUT2D eigenvalue weighted by molar-refractivity contribution is 5.75. The van der Waals surface area contributed by atoms with E-state index in [1.54, 1.807) is 0 Å². The third kappa shape index (κ3) is 6.58. The van der Waals surface area contributed by atoms with Gasteiger partial charge in [-0.15, -0.1) is 0 Å². The topological polar surface area (TPSA) is 52.3 Å². The first-order valence-corrected chi connectivity index (χ1v) is 4.79. The molecular formula is C10H21NO2. The van der Waals surface area contributed by atoms with Gasteiger partial charge in [-0.05, 0) is 18.3 Å². The Labute approximate surface area is 80.6 Å². The lowest BCUT2D eigenvalue weighted by molar-refractivity contribution is -0.145. The Bertz CT molecular complexity index is 161. The number of hydrogen-bond acceptors (Lipinski definition) is 3. The van der Waals surface area contributed by atoms with Crippen LogP contribution in [0.5, 0.6) is 0 Å². The summed E-state index contributed by atoms with van der Waals surface area (Å²) < 4.78 is 5.01. The molecule has 3 nitrogen and oxygen atoms in total. The molecule has 0 aromatic rings. The minimum atomic E-state index is -0.458. The summed E-state index contributed by atoms with van der Waals surface area (Å²) in [6, 6.07) is -0.458. The first-order valence-electron chi connectivity index (χ1n) is 4.79. The SMILES string of the molecule is CCC(N)C(=O)OCCC(C)(C)C. The van der Waals surface area contributed by atoms with Crippen molar-refractivity contribution in [2.75, 3.05) is 6.61 Å². The Morgan fingerprint density at radius 1 is 1.46 bits per heavy atom. The molecule has 0 saturated heterocycles. The van der Waals surface area contributed by atoms with Crippen LogP contribution in [0.2, 0.25) is 0 Å². The van der Waals surface area contributed by atoms with Crippen molar-refractivity contribution in [1.82, 2.24) is 0 Å². The molecule has 0 aromatic carbocycles. The molecule has 13 heavy (non-hydrogen) atoms. The van der Waals surface area contributed by atoms with Crippen LogP contribution in [0, 0.1) is 5.41 Å². The van der Waals surface area contributed by atoms with Crippen molar-refractivity contribution in [3.05, 3.63) is 0 Å². The molecule has 0 fully saturated rings. The highest BCUT2D eigenvalue weighted by Gasteiger charge is 2.15. The van der Waals surface area contributed by atoms with Gasteiger partial charge in [-0.2, -0.15) is 0 Å². The molecule has 0 rings (SSSR count). The van der Waals surface area contributed by atoms with E-state index in [1.165, 1.54) is 0 Å². The highest BCUT2D eigenvalue weighted by Crippen LogP contribution is 2.17. The van der Waals surface area contributed by atoms with E-state index >= 15 is 0 Å². The summed E-state index contributed by atoms with van der Waals surface area (Å²) in [7, 11) is 0. The first kappa shape index (κ1) is 12.4. The fourth-order valence-electron chi connectivity index (χ4n) is 0.732. The molecule has 3 heteroatoms. The van der Waals surface area contributed by atoms with Crippen molar-refractivity contribution in [3.63, 3.8) is 0 Å². The lowest BCUT2D eigenvalue weighted by Crippen LogP contribution is -2.32. The summed E-state index contributed by atoms with van der Waals surface area (Å²) in [4.78, 5) is 11.1. The van der Waals surface area contributed by atoms with Crippen molar-refractivity contribution in [2.45, 2.75) is 46.6 Å². The molecule has 0 amide bonds. The number of carbonyl (C=O) groups is 1. The number of rotatable bonds is 4. The molecule has 0 heterocycles. The van der Waals surface area contributed by atoms with Gasteiger partial charge in [0.25, 0.3) is 0 Å². The van der Waals surface area contributed by atoms with E-state index in [9.17, 15) is 4.79 Å². The maximum atomic E-state index is 11.1. The lowest BCUT2D eigenvalue weighted by Gasteiger charge is -2.18. The minimum absolute atomic E-state index is 0.205. The second kappa shape index (κ2) is 5.22. The third-order valence-electron chi connectivity index (χ3n) is 1.84. The minimum Gasteiger partial charge on any atom is -0.465 e. The zero-order valence-corrected chi connectivity index (χ0v) is 9.09. The van der Waals surface area contributed by atoms with Crippen LogP contribution in [-0.4, -0.2) is 18.6 Å². The molecule has 78 valence electrons. The lowest BCUT2D eigenvalue weighted by atomic mass is 9.93. The first-order chi connectivity index (χ1) is 5.87. The van der Waals surface area contributed by atoms with Gasteiger partial charge in [-0.25, -0.2) is 0 Å². The molecule has 0 aliphatic carbocycles. The Morgan fingerprint density at radius 3 is 2.38 bits per heavy atom. The molecule has 0 aliphatic heterocycles. The average molecular weight is 187 g/mol. The van der Waals surface area contributed by atoms with Crippen molar-refractivity contribution < 1.29 is 9.53 Å². The second-order valence-corrected chi connectivity index (χ2v) is 4.49. The molecule has 0 radical (unpaired) electrons. The smallest absolute Gasteiger partial charge is 0.322 e. The van der Waals surface area contributed by atoms with Crippen LogP contribution in [-0.2, 0) is 9.53 Å². The van der Waals surface area contributed by atoms with E-state index in [-0.39, 0.29) is 11.4 Å². The molecule has 0 saturated carbocycles. The molecule has 1 atom stereocenters. The Kier molecular flexibility index (Phi) is 4.99. The summed E-state index contributed by atoms with van der Waals surface area (Å²) >= 11 is 0. The van der Waals surface area contributed by atoms with E-state index in [1.807, 2.05) is 6.92 Å². The van der Waals surface area contributed by atoms with E-state index in [0.29, 0.717) is 13.0 Å². The fourth-order valence-corrected chi connectivity index (χ4v) is 0.732. The molecule has 1 unspecified atom stereocenters. The number of esters is 1. The summed E-state index contributed by atoms with van der Waals surface area (Å²) in [5.74, 6) is -0.285. The quantitative estimate of drug-likeness (QED) is 0.681. The summed E-state index contributed by atoms with van der Waals surface area (Å²) in [5.41, 5.74) is 5.70. The molecule has 2 N–H and O–H groups in total. The summed E-state index contributed by atoms with van der Waals surface area (Å²) in [6.45, 7) is 8.67. The number of ether oxygens (including phenoxy) is 1. The van der Waals surface area contributed by atoms with Crippen molar-refractivity contribution >= 4 is 5.97 Å². The normalized spacial score (nSPS) is 13.9. The molecule has 0 aliphatic rings. The highest BCUT2D eigenvalue weighted by atomic mass is 16.5. The zero-order chi connectivity index (χ0) is 10.5. The predicted octanol–water partition coefficient (Wildman–Crippen LogP) is 1.70. The maximum Gasteiger partial charge on any atom is 0.322 e. The second-order valence-electron chi connectivity index (χ2n) is 4.49. The number of hydrogen-bond donors (Lipinski definition) is 1. The van der Waals surface area contributed by atoms with Gasteiger partial charge >= 0.3 is 5.97 Å².